The van der Waals surface area contributed by atoms with Gasteiger partial charge in [-0.2, -0.15) is 13.2 Å². The van der Waals surface area contributed by atoms with Gasteiger partial charge in [0, 0.05) is 17.8 Å². The molecule has 1 nitrogen and oxygen atoms in total. The zero-order chi connectivity index (χ0) is 11.9. The van der Waals surface area contributed by atoms with Crippen molar-refractivity contribution in [3.63, 3.8) is 0 Å². The average Bonchev–Trinajstić information content (AvgIpc) is 2.12. The second-order valence-corrected chi connectivity index (χ2v) is 4.38. The lowest BCUT2D eigenvalue weighted by Gasteiger charge is -2.29. The van der Waals surface area contributed by atoms with Crippen molar-refractivity contribution in [3.8, 4) is 0 Å². The summed E-state index contributed by atoms with van der Waals surface area (Å²) in [5, 5.41) is 3.13. The van der Waals surface area contributed by atoms with Crippen molar-refractivity contribution >= 4 is 11.6 Å². The smallest absolute Gasteiger partial charge is 0.311 e. The highest BCUT2D eigenvalue weighted by Gasteiger charge is 2.27. The van der Waals surface area contributed by atoms with E-state index >= 15 is 0 Å². The summed E-state index contributed by atoms with van der Waals surface area (Å²) in [6, 6.07) is 0. The molecule has 15 heavy (non-hydrogen) atoms. The summed E-state index contributed by atoms with van der Waals surface area (Å²) in [6.07, 6.45) is -3.00. The van der Waals surface area contributed by atoms with Crippen LogP contribution in [0, 0.1) is 0 Å². The molecule has 5 heteroatoms. The van der Waals surface area contributed by atoms with Crippen LogP contribution in [0.3, 0.4) is 0 Å². The molecule has 1 unspecified atom stereocenters. The second-order valence-electron chi connectivity index (χ2n) is 4.00. The Morgan fingerprint density at radius 3 is 2.20 bits per heavy atom. The monoisotopic (exact) mass is 245 g/mol. The Morgan fingerprint density at radius 1 is 1.20 bits per heavy atom. The van der Waals surface area contributed by atoms with Crippen LogP contribution in [0.5, 0.6) is 0 Å². The fourth-order valence-corrected chi connectivity index (χ4v) is 1.69. The molecule has 1 N–H and O–H groups in total. The zero-order valence-electron chi connectivity index (χ0n) is 9.25. The number of hydrogen-bond acceptors (Lipinski definition) is 1. The summed E-state index contributed by atoms with van der Waals surface area (Å²) in [4.78, 5) is 0. The highest BCUT2D eigenvalue weighted by molar-refractivity contribution is 6.17. The van der Waals surface area contributed by atoms with E-state index in [2.05, 4.69) is 5.32 Å². The van der Waals surface area contributed by atoms with Crippen LogP contribution < -0.4 is 5.32 Å². The van der Waals surface area contributed by atoms with Crippen LogP contribution >= 0.6 is 11.6 Å². The van der Waals surface area contributed by atoms with Gasteiger partial charge in [0.2, 0.25) is 0 Å². The molecule has 0 heterocycles. The second kappa shape index (κ2) is 6.59. The van der Waals surface area contributed by atoms with Gasteiger partial charge in [-0.25, -0.2) is 0 Å². The molecule has 0 radical (unpaired) electrons. The van der Waals surface area contributed by atoms with Gasteiger partial charge in [0.25, 0.3) is 0 Å². The van der Waals surface area contributed by atoms with Gasteiger partial charge in [0.15, 0.2) is 0 Å². The van der Waals surface area contributed by atoms with E-state index in [1.807, 2.05) is 13.8 Å². The highest BCUT2D eigenvalue weighted by Crippen LogP contribution is 2.21. The van der Waals surface area contributed by atoms with Crippen LogP contribution in [-0.2, 0) is 0 Å². The molecule has 0 bridgehead atoms. The molecule has 0 rings (SSSR count). The highest BCUT2D eigenvalue weighted by atomic mass is 35.5. The number of alkyl halides is 4. The Hall–Kier alpha value is 0.0400. The topological polar surface area (TPSA) is 12.0 Å². The minimum absolute atomic E-state index is 0.126. The van der Waals surface area contributed by atoms with Crippen LogP contribution in [0.4, 0.5) is 13.2 Å². The van der Waals surface area contributed by atoms with Crippen molar-refractivity contribution in [2.75, 3.05) is 12.4 Å². The molecule has 92 valence electrons. The maximum absolute atomic E-state index is 11.9. The minimum atomic E-state index is -4.04. The molecule has 0 amide bonds. The van der Waals surface area contributed by atoms with Gasteiger partial charge < -0.3 is 5.32 Å². The van der Waals surface area contributed by atoms with Gasteiger partial charge >= 0.3 is 6.18 Å². The van der Waals surface area contributed by atoms with E-state index in [9.17, 15) is 13.2 Å². The summed E-state index contributed by atoms with van der Waals surface area (Å²) in [6.45, 7) is 4.38. The molecule has 0 aromatic rings. The Labute approximate surface area is 94.4 Å². The lowest BCUT2D eigenvalue weighted by Crippen LogP contribution is -2.42. The number of nitrogens with one attached hydrogen (secondary N) is 1. The molecule has 0 aliphatic rings. The molecule has 0 aromatic heterocycles. The van der Waals surface area contributed by atoms with E-state index in [4.69, 9.17) is 11.6 Å². The summed E-state index contributed by atoms with van der Waals surface area (Å²) < 4.78 is 35.6. The van der Waals surface area contributed by atoms with Crippen molar-refractivity contribution in [1.82, 2.24) is 5.32 Å². The number of rotatable bonds is 7. The molecule has 0 saturated heterocycles. The molecular weight excluding hydrogens is 227 g/mol. The van der Waals surface area contributed by atoms with Gasteiger partial charge in [0.1, 0.15) is 0 Å². The minimum Gasteiger partial charge on any atom is -0.311 e. The van der Waals surface area contributed by atoms with E-state index in [1.165, 1.54) is 0 Å². The van der Waals surface area contributed by atoms with Crippen LogP contribution in [-0.4, -0.2) is 24.1 Å². The molecule has 0 spiro atoms. The van der Waals surface area contributed by atoms with Crippen molar-refractivity contribution in [2.24, 2.45) is 0 Å². The van der Waals surface area contributed by atoms with Crippen molar-refractivity contribution in [1.29, 1.82) is 0 Å². The Kier molecular flexibility index (Phi) is 6.60. The maximum atomic E-state index is 11.9. The quantitative estimate of drug-likeness (QED) is 0.533. The Morgan fingerprint density at radius 2 is 1.80 bits per heavy atom. The number of halogens is 4. The standard InChI is InChI=1S/C10H19ClF3N/c1-3-9(2,6-7-11)15-8-4-5-10(12,13)14/h15H,3-8H2,1-2H3. The Bertz CT molecular complexity index is 173. The molecular formula is C10H19ClF3N. The van der Waals surface area contributed by atoms with Crippen LogP contribution in [0.25, 0.3) is 0 Å². The van der Waals surface area contributed by atoms with Crippen LogP contribution in [0.1, 0.15) is 39.5 Å². The lowest BCUT2D eigenvalue weighted by atomic mass is 9.95. The predicted molar refractivity (Wildman–Crippen MR) is 57.3 cm³/mol. The Balaban J connectivity index is 3.73. The first-order chi connectivity index (χ1) is 6.83. The average molecular weight is 246 g/mol. The maximum Gasteiger partial charge on any atom is 0.389 e. The molecule has 0 saturated carbocycles. The fraction of sp³-hybridized carbons (Fsp3) is 1.00. The summed E-state index contributed by atoms with van der Waals surface area (Å²) >= 11 is 5.63. The molecule has 0 aliphatic heterocycles. The SMILES string of the molecule is CCC(C)(CCCl)NCCCC(F)(F)F. The van der Waals surface area contributed by atoms with Gasteiger partial charge in [-0.1, -0.05) is 6.92 Å². The largest absolute Gasteiger partial charge is 0.389 e. The molecule has 0 fully saturated rings. The molecule has 0 aromatic carbocycles. The first-order valence-corrected chi connectivity index (χ1v) is 5.74. The van der Waals surface area contributed by atoms with E-state index in [0.717, 1.165) is 12.8 Å². The van der Waals surface area contributed by atoms with Gasteiger partial charge in [-0.05, 0) is 32.7 Å². The van der Waals surface area contributed by atoms with Crippen LogP contribution in [0.2, 0.25) is 0 Å². The fourth-order valence-electron chi connectivity index (χ4n) is 1.28. The lowest BCUT2D eigenvalue weighted by molar-refractivity contribution is -0.135. The summed E-state index contributed by atoms with van der Waals surface area (Å²) in [5.74, 6) is 0.524. The van der Waals surface area contributed by atoms with E-state index in [0.29, 0.717) is 12.4 Å². The van der Waals surface area contributed by atoms with Crippen molar-refractivity contribution in [3.05, 3.63) is 0 Å². The van der Waals surface area contributed by atoms with Crippen molar-refractivity contribution < 1.29 is 13.2 Å². The molecule has 1 atom stereocenters. The molecule has 0 aliphatic carbocycles. The third-order valence-corrected chi connectivity index (χ3v) is 2.80. The van der Waals surface area contributed by atoms with E-state index in [-0.39, 0.29) is 12.0 Å². The van der Waals surface area contributed by atoms with Gasteiger partial charge in [0.05, 0.1) is 0 Å². The first-order valence-electron chi connectivity index (χ1n) is 5.21. The van der Waals surface area contributed by atoms with Crippen molar-refractivity contribution in [2.45, 2.75) is 51.2 Å². The van der Waals surface area contributed by atoms with E-state index < -0.39 is 12.6 Å². The van der Waals surface area contributed by atoms with Crippen LogP contribution in [0.15, 0.2) is 0 Å². The predicted octanol–water partition coefficient (Wildman–Crippen LogP) is 3.72. The van der Waals surface area contributed by atoms with Gasteiger partial charge in [-0.3, -0.25) is 0 Å². The summed E-state index contributed by atoms with van der Waals surface area (Å²) in [7, 11) is 0. The zero-order valence-corrected chi connectivity index (χ0v) is 10.0. The summed E-state index contributed by atoms with van der Waals surface area (Å²) in [5.41, 5.74) is -0.132. The number of hydrogen-bond donors (Lipinski definition) is 1. The third-order valence-electron chi connectivity index (χ3n) is 2.62. The first kappa shape index (κ1) is 15.0. The van der Waals surface area contributed by atoms with Gasteiger partial charge in [-0.15, -0.1) is 11.6 Å². The normalized spacial score (nSPS) is 16.4. The third kappa shape index (κ3) is 7.91. The van der Waals surface area contributed by atoms with E-state index in [1.54, 1.807) is 0 Å².